The molecular weight excluding hydrogens is 316 g/mol. The topological polar surface area (TPSA) is 50.6 Å². The van der Waals surface area contributed by atoms with Crippen LogP contribution >= 0.6 is 0 Å². The molecule has 0 N–H and O–H groups in total. The van der Waals surface area contributed by atoms with Gasteiger partial charge in [0.2, 0.25) is 0 Å². The summed E-state index contributed by atoms with van der Waals surface area (Å²) in [6.45, 7) is 4.19. The molecule has 4 rings (SSSR count). The first kappa shape index (κ1) is 16.0. The second-order valence-electron chi connectivity index (χ2n) is 6.64. The van der Waals surface area contributed by atoms with Gasteiger partial charge in [0, 0.05) is 32.7 Å². The Hall–Kier alpha value is -2.50. The number of methoxy groups -OCH3 is 1. The Kier molecular flexibility index (Phi) is 4.34. The molecule has 0 unspecified atom stereocenters. The Morgan fingerprint density at radius 3 is 2.84 bits per heavy atom. The lowest BCUT2D eigenvalue weighted by Crippen LogP contribution is -2.35. The van der Waals surface area contributed by atoms with Crippen LogP contribution in [0.3, 0.4) is 0 Å². The summed E-state index contributed by atoms with van der Waals surface area (Å²) in [5, 5.41) is 4.36. The molecule has 6 heteroatoms. The quantitative estimate of drug-likeness (QED) is 0.859. The number of hydrogen-bond acceptors (Lipinski definition) is 4. The van der Waals surface area contributed by atoms with Gasteiger partial charge in [-0.05, 0) is 31.4 Å². The largest absolute Gasteiger partial charge is 0.495 e. The highest BCUT2D eigenvalue weighted by molar-refractivity contribution is 5.95. The predicted octanol–water partition coefficient (Wildman–Crippen LogP) is 2.19. The van der Waals surface area contributed by atoms with Gasteiger partial charge in [0.05, 0.1) is 30.3 Å². The van der Waals surface area contributed by atoms with E-state index in [-0.39, 0.29) is 5.91 Å². The van der Waals surface area contributed by atoms with Crippen LogP contribution in [0.4, 0.5) is 5.69 Å². The van der Waals surface area contributed by atoms with Gasteiger partial charge < -0.3 is 14.5 Å². The third-order valence-corrected chi connectivity index (χ3v) is 5.17. The van der Waals surface area contributed by atoms with Crippen LogP contribution in [0.2, 0.25) is 0 Å². The van der Waals surface area contributed by atoms with E-state index in [1.165, 1.54) is 0 Å². The molecule has 1 saturated heterocycles. The number of aryl methyl sites for hydroxylation is 1. The van der Waals surface area contributed by atoms with Crippen molar-refractivity contribution in [2.24, 2.45) is 0 Å². The molecule has 6 nitrogen and oxygen atoms in total. The van der Waals surface area contributed by atoms with Crippen LogP contribution in [0.25, 0.3) is 0 Å². The van der Waals surface area contributed by atoms with E-state index in [0.717, 1.165) is 74.7 Å². The number of ether oxygens (including phenoxy) is 1. The molecule has 2 aromatic rings. The van der Waals surface area contributed by atoms with E-state index < -0.39 is 0 Å². The van der Waals surface area contributed by atoms with Crippen molar-refractivity contribution in [2.45, 2.75) is 25.8 Å². The molecule has 0 saturated carbocycles. The smallest absolute Gasteiger partial charge is 0.257 e. The van der Waals surface area contributed by atoms with Crippen molar-refractivity contribution in [1.29, 1.82) is 0 Å². The van der Waals surface area contributed by atoms with Crippen molar-refractivity contribution in [3.63, 3.8) is 0 Å². The lowest BCUT2D eigenvalue weighted by Gasteiger charge is -2.25. The molecule has 1 aromatic carbocycles. The minimum atomic E-state index is 0.130. The number of carbonyl (C=O) groups excluding carboxylic acids is 1. The summed E-state index contributed by atoms with van der Waals surface area (Å²) in [7, 11) is 1.70. The van der Waals surface area contributed by atoms with Crippen molar-refractivity contribution in [1.82, 2.24) is 14.7 Å². The molecule has 2 aliphatic rings. The van der Waals surface area contributed by atoms with E-state index in [1.54, 1.807) is 13.3 Å². The minimum Gasteiger partial charge on any atom is -0.495 e. The minimum absolute atomic E-state index is 0.130. The molecule has 3 heterocycles. The van der Waals surface area contributed by atoms with Crippen LogP contribution < -0.4 is 9.64 Å². The van der Waals surface area contributed by atoms with E-state index in [0.29, 0.717) is 0 Å². The fraction of sp³-hybridized carbons (Fsp3) is 0.474. The fourth-order valence-electron chi connectivity index (χ4n) is 3.86. The van der Waals surface area contributed by atoms with Gasteiger partial charge in [0.25, 0.3) is 5.91 Å². The lowest BCUT2D eigenvalue weighted by molar-refractivity contribution is 0.0766. The van der Waals surface area contributed by atoms with Crippen molar-refractivity contribution in [3.8, 4) is 5.75 Å². The maximum Gasteiger partial charge on any atom is 0.257 e. The number of carbonyl (C=O) groups is 1. The van der Waals surface area contributed by atoms with E-state index >= 15 is 0 Å². The van der Waals surface area contributed by atoms with Gasteiger partial charge in [-0.3, -0.25) is 9.48 Å². The van der Waals surface area contributed by atoms with Crippen LogP contribution in [0.15, 0.2) is 30.5 Å². The maximum atomic E-state index is 13.0. The number of fused-ring (bicyclic) bond motifs is 1. The second kappa shape index (κ2) is 6.78. The number of anilines is 1. The van der Waals surface area contributed by atoms with Gasteiger partial charge in [-0.25, -0.2) is 0 Å². The first-order valence-electron chi connectivity index (χ1n) is 9.00. The van der Waals surface area contributed by atoms with Crippen molar-refractivity contribution >= 4 is 11.6 Å². The molecule has 132 valence electrons. The van der Waals surface area contributed by atoms with E-state index in [1.807, 2.05) is 27.8 Å². The standard InChI is InChI=1S/C19H24N4O2/c1-25-18-8-3-2-6-17(18)21-9-5-10-22(13-12-21)19(24)15-14-20-23-11-4-7-16(15)23/h2-3,6,8,14H,4-5,7,9-13H2,1H3. The summed E-state index contributed by atoms with van der Waals surface area (Å²) < 4.78 is 7.47. The summed E-state index contributed by atoms with van der Waals surface area (Å²) in [6, 6.07) is 8.08. The van der Waals surface area contributed by atoms with Gasteiger partial charge in [-0.1, -0.05) is 12.1 Å². The Morgan fingerprint density at radius 2 is 1.96 bits per heavy atom. The zero-order valence-corrected chi connectivity index (χ0v) is 14.6. The SMILES string of the molecule is COc1ccccc1N1CCCN(C(=O)c2cnn3c2CCC3)CC1. The molecule has 2 aliphatic heterocycles. The normalized spacial score (nSPS) is 17.3. The summed E-state index contributed by atoms with van der Waals surface area (Å²) in [4.78, 5) is 17.3. The second-order valence-corrected chi connectivity index (χ2v) is 6.64. The number of nitrogens with zero attached hydrogens (tertiary/aromatic N) is 4. The molecule has 1 amide bonds. The van der Waals surface area contributed by atoms with E-state index in [2.05, 4.69) is 16.1 Å². The van der Waals surface area contributed by atoms with Crippen LogP contribution in [-0.4, -0.2) is 53.9 Å². The molecule has 25 heavy (non-hydrogen) atoms. The third kappa shape index (κ3) is 2.97. The molecule has 1 fully saturated rings. The maximum absolute atomic E-state index is 13.0. The molecule has 0 atom stereocenters. The Balaban J connectivity index is 1.48. The zero-order valence-electron chi connectivity index (χ0n) is 14.6. The van der Waals surface area contributed by atoms with Crippen molar-refractivity contribution in [3.05, 3.63) is 41.7 Å². The fourth-order valence-corrected chi connectivity index (χ4v) is 3.86. The molecule has 0 bridgehead atoms. The van der Waals surface area contributed by atoms with E-state index in [9.17, 15) is 4.79 Å². The molecule has 0 spiro atoms. The van der Waals surface area contributed by atoms with Crippen LogP contribution in [0.5, 0.6) is 5.75 Å². The number of para-hydroxylation sites is 2. The van der Waals surface area contributed by atoms with E-state index in [4.69, 9.17) is 4.74 Å². The molecule has 0 radical (unpaired) electrons. The highest BCUT2D eigenvalue weighted by atomic mass is 16.5. The summed E-state index contributed by atoms with van der Waals surface area (Å²) >= 11 is 0. The average molecular weight is 340 g/mol. The van der Waals surface area contributed by atoms with Gasteiger partial charge in [0.1, 0.15) is 5.75 Å². The highest BCUT2D eigenvalue weighted by Crippen LogP contribution is 2.28. The monoisotopic (exact) mass is 340 g/mol. The molecular formula is C19H24N4O2. The van der Waals surface area contributed by atoms with Crippen LogP contribution in [-0.2, 0) is 13.0 Å². The summed E-state index contributed by atoms with van der Waals surface area (Å²) in [6.07, 6.45) is 4.75. The number of benzene rings is 1. The average Bonchev–Trinajstić information content (AvgIpc) is 3.17. The number of rotatable bonds is 3. The van der Waals surface area contributed by atoms with Gasteiger partial charge in [-0.15, -0.1) is 0 Å². The molecule has 0 aliphatic carbocycles. The Labute approximate surface area is 148 Å². The number of amides is 1. The summed E-state index contributed by atoms with van der Waals surface area (Å²) in [5.41, 5.74) is 3.00. The van der Waals surface area contributed by atoms with Gasteiger partial charge in [0.15, 0.2) is 0 Å². The first-order valence-corrected chi connectivity index (χ1v) is 9.00. The summed E-state index contributed by atoms with van der Waals surface area (Å²) in [5.74, 6) is 1.02. The Morgan fingerprint density at radius 1 is 1.08 bits per heavy atom. The zero-order chi connectivity index (χ0) is 17.2. The van der Waals surface area contributed by atoms with Crippen molar-refractivity contribution < 1.29 is 9.53 Å². The molecule has 1 aromatic heterocycles. The van der Waals surface area contributed by atoms with Gasteiger partial charge in [-0.2, -0.15) is 5.10 Å². The first-order chi connectivity index (χ1) is 12.3. The predicted molar refractivity (Wildman–Crippen MR) is 96.3 cm³/mol. The van der Waals surface area contributed by atoms with Gasteiger partial charge >= 0.3 is 0 Å². The van der Waals surface area contributed by atoms with Crippen LogP contribution in [0, 0.1) is 0 Å². The number of hydrogen-bond donors (Lipinski definition) is 0. The lowest BCUT2D eigenvalue weighted by atomic mass is 10.1. The van der Waals surface area contributed by atoms with Crippen molar-refractivity contribution in [2.75, 3.05) is 38.2 Å². The number of aromatic nitrogens is 2. The third-order valence-electron chi connectivity index (χ3n) is 5.17. The highest BCUT2D eigenvalue weighted by Gasteiger charge is 2.26. The van der Waals surface area contributed by atoms with Crippen LogP contribution in [0.1, 0.15) is 28.9 Å². The Bertz CT molecular complexity index is 771.